The monoisotopic (exact) mass is 618 g/mol. The molecular formula is C36H28Cl2FeO2+2. The van der Waals surface area contributed by atoms with Gasteiger partial charge in [-0.1, -0.05) is 120 Å². The number of aliphatic hydroxyl groups is 2. The van der Waals surface area contributed by atoms with Crippen LogP contribution >= 0.6 is 23.2 Å². The molecule has 2 unspecified atom stereocenters. The molecule has 10 radical (unpaired) electrons. The molecule has 2 nitrogen and oxygen atoms in total. The van der Waals surface area contributed by atoms with Crippen molar-refractivity contribution >= 4 is 23.2 Å². The minimum Gasteiger partial charge on any atom is -0.380 e. The summed E-state index contributed by atoms with van der Waals surface area (Å²) in [6.45, 7) is 0. The van der Waals surface area contributed by atoms with Crippen LogP contribution in [0, 0.1) is 63.2 Å². The summed E-state index contributed by atoms with van der Waals surface area (Å²) in [6, 6.07) is 34.0. The number of rotatable bonds is 6. The summed E-state index contributed by atoms with van der Waals surface area (Å²) in [5.74, 6) is 1.63. The Balaban J connectivity index is 0.000000184. The van der Waals surface area contributed by atoms with Gasteiger partial charge in [-0.2, -0.15) is 0 Å². The molecule has 0 aromatic heterocycles. The van der Waals surface area contributed by atoms with Crippen LogP contribution in [0.25, 0.3) is 0 Å². The second kappa shape index (κ2) is 14.4. The van der Waals surface area contributed by atoms with Gasteiger partial charge >= 0.3 is 17.1 Å². The van der Waals surface area contributed by atoms with Crippen molar-refractivity contribution in [3.8, 4) is 0 Å². The van der Waals surface area contributed by atoms with Crippen LogP contribution in [0.1, 0.15) is 22.3 Å². The van der Waals surface area contributed by atoms with Gasteiger partial charge < -0.3 is 10.2 Å². The van der Waals surface area contributed by atoms with Crippen molar-refractivity contribution < 1.29 is 27.3 Å². The molecule has 0 saturated heterocycles. The summed E-state index contributed by atoms with van der Waals surface area (Å²) in [4.78, 5) is 0. The standard InChI is InChI=1S/2C18H14ClO.Fe/c2*19-17-13-7-6-12-16(17)18(20,15-10-4-5-11-15)14-8-2-1-3-9-14;/h2*1-13,20H;/q;;+2. The van der Waals surface area contributed by atoms with Gasteiger partial charge in [-0.3, -0.25) is 0 Å². The van der Waals surface area contributed by atoms with E-state index >= 15 is 0 Å². The predicted molar refractivity (Wildman–Crippen MR) is 163 cm³/mol. The summed E-state index contributed by atoms with van der Waals surface area (Å²) < 4.78 is 0. The largest absolute Gasteiger partial charge is 2.00 e. The maximum atomic E-state index is 11.4. The first kappa shape index (κ1) is 31.8. The third-order valence-corrected chi connectivity index (χ3v) is 7.73. The van der Waals surface area contributed by atoms with Crippen LogP contribution in [0.2, 0.25) is 10.0 Å². The van der Waals surface area contributed by atoms with Crippen molar-refractivity contribution in [3.05, 3.63) is 205 Å². The summed E-state index contributed by atoms with van der Waals surface area (Å²) >= 11 is 12.6. The fraction of sp³-hybridized carbons (Fsp3) is 0.0556. The molecule has 2 fully saturated rings. The second-order valence-corrected chi connectivity index (χ2v) is 10.3. The van der Waals surface area contributed by atoms with Crippen LogP contribution in [0.4, 0.5) is 0 Å². The minimum absolute atomic E-state index is 0. The topological polar surface area (TPSA) is 40.5 Å². The van der Waals surface area contributed by atoms with Crippen LogP contribution in [-0.2, 0) is 28.3 Å². The molecule has 204 valence electrons. The molecule has 2 aliphatic rings. The first-order valence-corrected chi connectivity index (χ1v) is 13.7. The molecule has 2 saturated carbocycles. The average Bonchev–Trinajstić information content (AvgIpc) is 3.74. The van der Waals surface area contributed by atoms with Gasteiger partial charge in [0.25, 0.3) is 0 Å². The fourth-order valence-electron chi connectivity index (χ4n) is 5.05. The molecule has 5 heteroatoms. The Labute approximate surface area is 265 Å². The summed E-state index contributed by atoms with van der Waals surface area (Å²) in [5, 5.41) is 23.9. The van der Waals surface area contributed by atoms with E-state index in [2.05, 4.69) is 0 Å². The smallest absolute Gasteiger partial charge is 0.380 e. The number of hydrogen-bond donors (Lipinski definition) is 2. The van der Waals surface area contributed by atoms with Crippen LogP contribution in [0.3, 0.4) is 0 Å². The first-order chi connectivity index (χ1) is 19.5. The van der Waals surface area contributed by atoms with Gasteiger partial charge in [0.05, 0.1) is 0 Å². The van der Waals surface area contributed by atoms with E-state index < -0.39 is 11.2 Å². The Morgan fingerprint density at radius 2 is 0.707 bits per heavy atom. The van der Waals surface area contributed by atoms with E-state index in [0.29, 0.717) is 21.2 Å². The molecule has 6 rings (SSSR count). The van der Waals surface area contributed by atoms with Crippen molar-refractivity contribution in [1.82, 2.24) is 0 Å². The molecule has 4 aromatic carbocycles. The molecule has 4 aromatic rings. The summed E-state index contributed by atoms with van der Waals surface area (Å²) in [6.07, 6.45) is 15.3. The van der Waals surface area contributed by atoms with E-state index in [0.717, 1.165) is 23.0 Å². The molecule has 2 N–H and O–H groups in total. The van der Waals surface area contributed by atoms with Crippen LogP contribution in [0.15, 0.2) is 109 Å². The normalized spacial score (nSPS) is 18.4. The average molecular weight is 619 g/mol. The molecule has 0 heterocycles. The van der Waals surface area contributed by atoms with Crippen LogP contribution in [-0.4, -0.2) is 10.2 Å². The first-order valence-electron chi connectivity index (χ1n) is 13.0. The zero-order chi connectivity index (χ0) is 28.0. The van der Waals surface area contributed by atoms with Gasteiger partial charge in [0.1, 0.15) is 11.2 Å². The zero-order valence-electron chi connectivity index (χ0n) is 22.0. The van der Waals surface area contributed by atoms with E-state index in [4.69, 9.17) is 23.2 Å². The van der Waals surface area contributed by atoms with Crippen molar-refractivity contribution in [1.29, 1.82) is 0 Å². The third-order valence-electron chi connectivity index (χ3n) is 7.07. The van der Waals surface area contributed by atoms with Crippen molar-refractivity contribution in [3.63, 3.8) is 0 Å². The molecule has 2 aliphatic carbocycles. The van der Waals surface area contributed by atoms with Crippen LogP contribution in [0.5, 0.6) is 0 Å². The third kappa shape index (κ3) is 6.62. The fourth-order valence-corrected chi connectivity index (χ4v) is 5.60. The molecule has 0 spiro atoms. The van der Waals surface area contributed by atoms with Crippen LogP contribution < -0.4 is 0 Å². The van der Waals surface area contributed by atoms with Crippen molar-refractivity contribution in [2.45, 2.75) is 11.2 Å². The van der Waals surface area contributed by atoms with E-state index in [-0.39, 0.29) is 17.1 Å². The molecule has 0 bridgehead atoms. The number of benzene rings is 4. The second-order valence-electron chi connectivity index (χ2n) is 9.46. The van der Waals surface area contributed by atoms with Gasteiger partial charge in [0, 0.05) is 33.0 Å². The van der Waals surface area contributed by atoms with Crippen molar-refractivity contribution in [2.75, 3.05) is 0 Å². The minimum atomic E-state index is -1.23. The number of hydrogen-bond acceptors (Lipinski definition) is 2. The van der Waals surface area contributed by atoms with Gasteiger partial charge in [-0.05, 0) is 74.6 Å². The molecule has 0 aliphatic heterocycles. The van der Waals surface area contributed by atoms with E-state index in [1.54, 1.807) is 12.1 Å². The number of halogens is 2. The van der Waals surface area contributed by atoms with Gasteiger partial charge in [-0.25, -0.2) is 0 Å². The van der Waals surface area contributed by atoms with Crippen molar-refractivity contribution in [2.24, 2.45) is 0 Å². The van der Waals surface area contributed by atoms with E-state index in [9.17, 15) is 10.2 Å². The maximum absolute atomic E-state index is 11.4. The van der Waals surface area contributed by atoms with E-state index in [1.807, 2.05) is 148 Å². The quantitative estimate of drug-likeness (QED) is 0.215. The SMILES string of the molecule is OC([C]1[CH][CH][CH][CH]1)(c1ccccc1)c1ccccc1Cl.OC([C]1[CH][CH][CH][CH]1)(c1ccccc1)c1ccccc1Cl.[Fe+2]. The molecule has 2 atom stereocenters. The zero-order valence-corrected chi connectivity index (χ0v) is 24.6. The van der Waals surface area contributed by atoms with Gasteiger partial charge in [0.2, 0.25) is 0 Å². The Morgan fingerprint density at radius 3 is 1.02 bits per heavy atom. The van der Waals surface area contributed by atoms with Gasteiger partial charge in [0.15, 0.2) is 0 Å². The Morgan fingerprint density at radius 1 is 0.415 bits per heavy atom. The van der Waals surface area contributed by atoms with Gasteiger partial charge in [-0.15, -0.1) is 0 Å². The molecule has 0 amide bonds. The maximum Gasteiger partial charge on any atom is 2.00 e. The molecule has 41 heavy (non-hydrogen) atoms. The summed E-state index contributed by atoms with van der Waals surface area (Å²) in [7, 11) is 0. The Hall–Kier alpha value is -2.10. The summed E-state index contributed by atoms with van der Waals surface area (Å²) in [5.41, 5.74) is 0.531. The molecular weight excluding hydrogens is 591 g/mol. The van der Waals surface area contributed by atoms with E-state index in [1.165, 1.54) is 0 Å². The Kier molecular flexibility index (Phi) is 11.2. The Bertz CT molecular complexity index is 1260. The predicted octanol–water partition coefficient (Wildman–Crippen LogP) is 7.96.